The Morgan fingerprint density at radius 1 is 1.31 bits per heavy atom. The normalized spacial score (nSPS) is 10.6. The monoisotopic (exact) mass is 237 g/mol. The molecule has 84 valence electrons. The molecule has 16 heavy (non-hydrogen) atoms. The van der Waals surface area contributed by atoms with Crippen LogP contribution in [-0.2, 0) is 0 Å². The molecule has 0 aliphatic rings. The van der Waals surface area contributed by atoms with E-state index >= 15 is 0 Å². The van der Waals surface area contributed by atoms with E-state index in [0.29, 0.717) is 23.1 Å². The number of hydrogen-bond donors (Lipinski definition) is 3. The first-order valence-corrected chi connectivity index (χ1v) is 5.29. The first kappa shape index (κ1) is 11.0. The highest BCUT2D eigenvalue weighted by Gasteiger charge is 2.06. The molecule has 1 heterocycles. The highest BCUT2D eigenvalue weighted by atomic mass is 35.5. The van der Waals surface area contributed by atoms with Crippen molar-refractivity contribution in [2.24, 2.45) is 0 Å². The van der Waals surface area contributed by atoms with E-state index in [-0.39, 0.29) is 6.61 Å². The number of aromatic nitrogens is 1. The number of nitrogens with zero attached hydrogens (tertiary/aromatic N) is 1. The van der Waals surface area contributed by atoms with Crippen LogP contribution in [0.5, 0.6) is 0 Å². The van der Waals surface area contributed by atoms with E-state index in [2.05, 4.69) is 10.3 Å². The molecule has 0 radical (unpaired) electrons. The molecule has 0 spiro atoms. The van der Waals surface area contributed by atoms with Gasteiger partial charge in [0.1, 0.15) is 5.82 Å². The summed E-state index contributed by atoms with van der Waals surface area (Å²) in [5.41, 5.74) is 6.43. The van der Waals surface area contributed by atoms with Crippen LogP contribution >= 0.6 is 11.6 Å². The second-order valence-corrected chi connectivity index (χ2v) is 3.77. The molecule has 1 aromatic carbocycles. The number of nitrogens with one attached hydrogen (secondary N) is 1. The van der Waals surface area contributed by atoms with Crippen molar-refractivity contribution in [2.75, 3.05) is 24.2 Å². The van der Waals surface area contributed by atoms with Gasteiger partial charge < -0.3 is 16.2 Å². The number of halogens is 1. The average molecular weight is 238 g/mol. The molecule has 0 unspecified atom stereocenters. The van der Waals surface area contributed by atoms with E-state index in [1.807, 2.05) is 12.1 Å². The van der Waals surface area contributed by atoms with Gasteiger partial charge in [-0.2, -0.15) is 0 Å². The third kappa shape index (κ3) is 1.89. The van der Waals surface area contributed by atoms with Crippen LogP contribution in [-0.4, -0.2) is 23.2 Å². The number of hydrogen-bond acceptors (Lipinski definition) is 4. The second-order valence-electron chi connectivity index (χ2n) is 3.37. The van der Waals surface area contributed by atoms with Crippen LogP contribution in [0, 0.1) is 0 Å². The molecule has 2 aromatic rings. The van der Waals surface area contributed by atoms with E-state index in [1.165, 1.54) is 0 Å². The van der Waals surface area contributed by atoms with Crippen LogP contribution in [0.2, 0.25) is 5.02 Å². The van der Waals surface area contributed by atoms with E-state index in [4.69, 9.17) is 22.4 Å². The zero-order chi connectivity index (χ0) is 11.5. The summed E-state index contributed by atoms with van der Waals surface area (Å²) >= 11 is 5.94. The van der Waals surface area contributed by atoms with Crippen molar-refractivity contribution in [3.63, 3.8) is 0 Å². The van der Waals surface area contributed by atoms with E-state index in [0.717, 1.165) is 10.8 Å². The number of nitrogens with two attached hydrogens (primary N) is 1. The Hall–Kier alpha value is -1.52. The number of rotatable bonds is 3. The molecule has 4 N–H and O–H groups in total. The van der Waals surface area contributed by atoms with Gasteiger partial charge in [-0.1, -0.05) is 11.6 Å². The summed E-state index contributed by atoms with van der Waals surface area (Å²) in [6.07, 6.45) is 1.66. The highest BCUT2D eigenvalue weighted by Crippen LogP contribution is 2.31. The number of anilines is 2. The molecule has 0 aliphatic heterocycles. The predicted octanol–water partition coefficient (Wildman–Crippen LogP) is 1.87. The van der Waals surface area contributed by atoms with Crippen molar-refractivity contribution >= 4 is 33.9 Å². The number of pyridine rings is 1. The average Bonchev–Trinajstić information content (AvgIpc) is 2.31. The molecule has 0 amide bonds. The molecule has 0 bridgehead atoms. The fourth-order valence-corrected chi connectivity index (χ4v) is 1.73. The summed E-state index contributed by atoms with van der Waals surface area (Å²) in [4.78, 5) is 4.19. The maximum atomic E-state index is 8.76. The molecule has 0 aliphatic carbocycles. The van der Waals surface area contributed by atoms with Gasteiger partial charge in [-0.3, -0.25) is 0 Å². The van der Waals surface area contributed by atoms with Crippen LogP contribution in [0.15, 0.2) is 24.4 Å². The standard InChI is InChI=1S/C11H12ClN3O/c12-9-2-1-8-7(10(9)13)3-4-14-11(8)15-5-6-16/h1-4,16H,5-6,13H2,(H,14,15). The SMILES string of the molecule is Nc1c(Cl)ccc2c(NCCO)nccc12. The highest BCUT2D eigenvalue weighted by molar-refractivity contribution is 6.34. The Labute approximate surface area is 98.0 Å². The Bertz CT molecular complexity index is 516. The molecule has 0 fully saturated rings. The smallest absolute Gasteiger partial charge is 0.133 e. The Morgan fingerprint density at radius 3 is 2.88 bits per heavy atom. The summed E-state index contributed by atoms with van der Waals surface area (Å²) in [6.45, 7) is 0.510. The van der Waals surface area contributed by atoms with Gasteiger partial charge >= 0.3 is 0 Å². The Kier molecular flexibility index (Phi) is 3.12. The lowest BCUT2D eigenvalue weighted by atomic mass is 10.1. The fraction of sp³-hybridized carbons (Fsp3) is 0.182. The van der Waals surface area contributed by atoms with Gasteiger partial charge in [-0.05, 0) is 18.2 Å². The first-order chi connectivity index (χ1) is 7.74. The zero-order valence-corrected chi connectivity index (χ0v) is 9.33. The lowest BCUT2D eigenvalue weighted by molar-refractivity contribution is 0.311. The fourth-order valence-electron chi connectivity index (χ4n) is 1.57. The third-order valence-corrected chi connectivity index (χ3v) is 2.67. The van der Waals surface area contributed by atoms with E-state index in [1.54, 1.807) is 12.3 Å². The number of aliphatic hydroxyl groups excluding tert-OH is 1. The summed E-state index contributed by atoms with van der Waals surface area (Å²) in [7, 11) is 0. The third-order valence-electron chi connectivity index (χ3n) is 2.34. The lowest BCUT2D eigenvalue weighted by Crippen LogP contribution is -2.07. The molecule has 0 saturated carbocycles. The van der Waals surface area contributed by atoms with Gasteiger partial charge in [0.05, 0.1) is 17.3 Å². The second kappa shape index (κ2) is 4.55. The minimum absolute atomic E-state index is 0.0567. The van der Waals surface area contributed by atoms with Crippen molar-refractivity contribution < 1.29 is 5.11 Å². The molecular weight excluding hydrogens is 226 g/mol. The maximum Gasteiger partial charge on any atom is 0.133 e. The van der Waals surface area contributed by atoms with Crippen LogP contribution in [0.3, 0.4) is 0 Å². The number of aliphatic hydroxyl groups is 1. The zero-order valence-electron chi connectivity index (χ0n) is 8.57. The molecular formula is C11H12ClN3O. The summed E-state index contributed by atoms with van der Waals surface area (Å²) in [6, 6.07) is 5.42. The molecule has 4 nitrogen and oxygen atoms in total. The van der Waals surface area contributed by atoms with E-state index in [9.17, 15) is 0 Å². The maximum absolute atomic E-state index is 8.76. The van der Waals surface area contributed by atoms with Crippen LogP contribution in [0.1, 0.15) is 0 Å². The van der Waals surface area contributed by atoms with Crippen LogP contribution in [0.4, 0.5) is 11.5 Å². The van der Waals surface area contributed by atoms with Gasteiger partial charge in [-0.15, -0.1) is 0 Å². The summed E-state index contributed by atoms with van der Waals surface area (Å²) in [5.74, 6) is 0.704. The number of nitrogen functional groups attached to an aromatic ring is 1. The van der Waals surface area contributed by atoms with Crippen LogP contribution in [0.25, 0.3) is 10.8 Å². The molecule has 1 aromatic heterocycles. The van der Waals surface area contributed by atoms with Gasteiger partial charge in [0.25, 0.3) is 0 Å². The number of fused-ring (bicyclic) bond motifs is 1. The largest absolute Gasteiger partial charge is 0.397 e. The van der Waals surface area contributed by atoms with Crippen molar-refractivity contribution in [2.45, 2.75) is 0 Å². The summed E-state index contributed by atoms with van der Waals surface area (Å²) < 4.78 is 0. The lowest BCUT2D eigenvalue weighted by Gasteiger charge is -2.09. The predicted molar refractivity (Wildman–Crippen MR) is 66.7 cm³/mol. The van der Waals surface area contributed by atoms with Crippen molar-refractivity contribution in [3.8, 4) is 0 Å². The molecule has 2 rings (SSSR count). The van der Waals surface area contributed by atoms with Gasteiger partial charge in [0, 0.05) is 23.5 Å². The Morgan fingerprint density at radius 2 is 2.12 bits per heavy atom. The summed E-state index contributed by atoms with van der Waals surface area (Å²) in [5, 5.41) is 14.1. The topological polar surface area (TPSA) is 71.2 Å². The first-order valence-electron chi connectivity index (χ1n) is 4.91. The van der Waals surface area contributed by atoms with Gasteiger partial charge in [0.2, 0.25) is 0 Å². The molecule has 0 saturated heterocycles. The van der Waals surface area contributed by atoms with Gasteiger partial charge in [-0.25, -0.2) is 4.98 Å². The van der Waals surface area contributed by atoms with E-state index < -0.39 is 0 Å². The van der Waals surface area contributed by atoms with Crippen molar-refractivity contribution in [3.05, 3.63) is 29.4 Å². The minimum Gasteiger partial charge on any atom is -0.397 e. The van der Waals surface area contributed by atoms with Crippen molar-refractivity contribution in [1.29, 1.82) is 0 Å². The molecule has 5 heteroatoms. The number of benzene rings is 1. The minimum atomic E-state index is 0.0567. The van der Waals surface area contributed by atoms with Gasteiger partial charge in [0.15, 0.2) is 0 Å². The quantitative estimate of drug-likeness (QED) is 0.713. The van der Waals surface area contributed by atoms with Crippen LogP contribution < -0.4 is 11.1 Å². The van der Waals surface area contributed by atoms with Crippen molar-refractivity contribution in [1.82, 2.24) is 4.98 Å². The Balaban J connectivity index is 2.56. The molecule has 0 atom stereocenters.